The maximum absolute atomic E-state index is 12.6. The Kier molecular flexibility index (Phi) is 4.56. The molecule has 0 spiro atoms. The molecule has 26 heavy (non-hydrogen) atoms. The summed E-state index contributed by atoms with van der Waals surface area (Å²) in [5.74, 6) is 1.31. The average Bonchev–Trinajstić information content (AvgIpc) is 2.99. The lowest BCUT2D eigenvalue weighted by molar-refractivity contribution is 0.0939. The van der Waals surface area contributed by atoms with Crippen molar-refractivity contribution < 1.29 is 9.53 Å². The number of hydrogen-bond donors (Lipinski definition) is 2. The molecule has 2 N–H and O–H groups in total. The predicted octanol–water partition coefficient (Wildman–Crippen LogP) is 4.89. The van der Waals surface area contributed by atoms with Crippen molar-refractivity contribution in [2.45, 2.75) is 6.17 Å². The number of para-hydroxylation sites is 1. The van der Waals surface area contributed by atoms with Gasteiger partial charge in [-0.2, -0.15) is 0 Å². The molecule has 2 heterocycles. The van der Waals surface area contributed by atoms with E-state index in [2.05, 4.69) is 26.6 Å². The van der Waals surface area contributed by atoms with Crippen LogP contribution in [0.5, 0.6) is 5.75 Å². The molecule has 1 amide bonds. The van der Waals surface area contributed by atoms with Gasteiger partial charge in [-0.3, -0.25) is 9.36 Å². The molecule has 0 saturated heterocycles. The van der Waals surface area contributed by atoms with E-state index in [0.717, 1.165) is 21.5 Å². The Morgan fingerprint density at radius 2 is 1.96 bits per heavy atom. The van der Waals surface area contributed by atoms with Crippen molar-refractivity contribution in [1.82, 2.24) is 9.88 Å². The minimum absolute atomic E-state index is 0.138. The van der Waals surface area contributed by atoms with Crippen molar-refractivity contribution in [1.29, 1.82) is 0 Å². The first-order chi connectivity index (χ1) is 12.6. The van der Waals surface area contributed by atoms with E-state index in [1.165, 1.54) is 11.3 Å². The Bertz CT molecular complexity index is 1050. The first-order valence-electron chi connectivity index (χ1n) is 7.80. The molecule has 2 aromatic carbocycles. The molecule has 1 aromatic heterocycles. The zero-order valence-corrected chi connectivity index (χ0v) is 16.9. The summed E-state index contributed by atoms with van der Waals surface area (Å²) in [6.45, 7) is 0. The number of thiazole rings is 1. The van der Waals surface area contributed by atoms with Crippen LogP contribution in [0.4, 0.5) is 5.82 Å². The highest BCUT2D eigenvalue weighted by Gasteiger charge is 2.30. The third kappa shape index (κ3) is 2.94. The second-order valence-electron chi connectivity index (χ2n) is 5.66. The van der Waals surface area contributed by atoms with Crippen molar-refractivity contribution in [2.24, 2.45) is 0 Å². The lowest BCUT2D eigenvalue weighted by Crippen LogP contribution is -2.38. The monoisotopic (exact) mass is 447 g/mol. The number of nitrogens with zero attached hydrogens (tertiary/aromatic N) is 1. The van der Waals surface area contributed by atoms with Crippen molar-refractivity contribution in [2.75, 3.05) is 12.4 Å². The zero-order chi connectivity index (χ0) is 18.3. The Labute approximate surface area is 167 Å². The van der Waals surface area contributed by atoms with Crippen LogP contribution in [-0.4, -0.2) is 17.6 Å². The van der Waals surface area contributed by atoms with E-state index in [9.17, 15) is 4.79 Å². The number of aromatic nitrogens is 1. The maximum Gasteiger partial charge on any atom is 0.267 e. The molecular weight excluding hydrogens is 434 g/mol. The van der Waals surface area contributed by atoms with Gasteiger partial charge >= 0.3 is 0 Å². The summed E-state index contributed by atoms with van der Waals surface area (Å²) < 4.78 is 8.63. The minimum atomic E-state index is -0.365. The van der Waals surface area contributed by atoms with E-state index < -0.39 is 0 Å². The van der Waals surface area contributed by atoms with Gasteiger partial charge in [0.2, 0.25) is 0 Å². The van der Waals surface area contributed by atoms with E-state index in [-0.39, 0.29) is 12.1 Å². The minimum Gasteiger partial charge on any atom is -0.496 e. The third-order valence-electron chi connectivity index (χ3n) is 4.10. The summed E-state index contributed by atoms with van der Waals surface area (Å²) >= 11 is 10.3. The van der Waals surface area contributed by atoms with Gasteiger partial charge < -0.3 is 15.4 Å². The van der Waals surface area contributed by atoms with Crippen LogP contribution in [-0.2, 0) is 0 Å². The van der Waals surface area contributed by atoms with Gasteiger partial charge in [-0.25, -0.2) is 0 Å². The highest BCUT2D eigenvalue weighted by molar-refractivity contribution is 9.10. The molecule has 0 aliphatic carbocycles. The number of rotatable bonds is 3. The zero-order valence-electron chi connectivity index (χ0n) is 13.7. The summed E-state index contributed by atoms with van der Waals surface area (Å²) in [4.78, 5) is 13.2. The molecule has 1 aliphatic heterocycles. The number of anilines is 1. The fraction of sp³-hybridized carbons (Fsp3) is 0.111. The Balaban J connectivity index is 1.78. The first kappa shape index (κ1) is 17.3. The van der Waals surface area contributed by atoms with E-state index >= 15 is 0 Å². The SMILES string of the molecule is COc1ccc(C2NC(=O)c3sc(=S)n(-c4ccccc4)c3N2)cc1Br. The summed E-state index contributed by atoms with van der Waals surface area (Å²) in [5, 5.41) is 6.39. The van der Waals surface area contributed by atoms with Crippen LogP contribution >= 0.6 is 39.5 Å². The van der Waals surface area contributed by atoms with Crippen molar-refractivity contribution in [3.63, 3.8) is 0 Å². The molecule has 1 atom stereocenters. The van der Waals surface area contributed by atoms with E-state index in [1.54, 1.807) is 7.11 Å². The Morgan fingerprint density at radius 1 is 1.19 bits per heavy atom. The van der Waals surface area contributed by atoms with Gasteiger partial charge in [-0.15, -0.1) is 0 Å². The van der Waals surface area contributed by atoms with E-state index in [4.69, 9.17) is 17.0 Å². The van der Waals surface area contributed by atoms with E-state index in [0.29, 0.717) is 14.6 Å². The molecule has 0 saturated carbocycles. The number of fused-ring (bicyclic) bond motifs is 1. The van der Waals surface area contributed by atoms with Crippen LogP contribution in [0.3, 0.4) is 0 Å². The predicted molar refractivity (Wildman–Crippen MR) is 109 cm³/mol. The normalized spacial score (nSPS) is 15.8. The second kappa shape index (κ2) is 6.86. The van der Waals surface area contributed by atoms with Gasteiger partial charge in [0.25, 0.3) is 5.91 Å². The Morgan fingerprint density at radius 3 is 2.65 bits per heavy atom. The maximum atomic E-state index is 12.6. The number of carbonyl (C=O) groups is 1. The number of halogens is 1. The highest BCUT2D eigenvalue weighted by Crippen LogP contribution is 2.35. The average molecular weight is 448 g/mol. The largest absolute Gasteiger partial charge is 0.496 e. The molecule has 8 heteroatoms. The van der Waals surface area contributed by atoms with Crippen LogP contribution in [0, 0.1) is 3.95 Å². The molecule has 1 unspecified atom stereocenters. The summed E-state index contributed by atoms with van der Waals surface area (Å²) in [6.07, 6.45) is -0.365. The molecule has 3 aromatic rings. The summed E-state index contributed by atoms with van der Waals surface area (Å²) in [7, 11) is 1.62. The van der Waals surface area contributed by atoms with E-state index in [1.807, 2.05) is 53.1 Å². The van der Waals surface area contributed by atoms with Crippen LogP contribution in [0.1, 0.15) is 21.4 Å². The fourth-order valence-corrected chi connectivity index (χ4v) is 4.73. The number of nitrogens with one attached hydrogen (secondary N) is 2. The molecule has 0 fully saturated rings. The second-order valence-corrected chi connectivity index (χ2v) is 8.16. The molecule has 132 valence electrons. The number of ether oxygens (including phenoxy) is 1. The fourth-order valence-electron chi connectivity index (χ4n) is 2.87. The number of methoxy groups -OCH3 is 1. The first-order valence-corrected chi connectivity index (χ1v) is 9.82. The standard InChI is InChI=1S/C18H14BrN3O2S2/c1-24-13-8-7-10(9-12(13)19)15-20-16-14(17(23)21-15)26-18(25)22(16)11-5-3-2-4-6-11/h2-9,15,20H,1H3,(H,21,23). The van der Waals surface area contributed by atoms with Gasteiger partial charge in [-0.1, -0.05) is 35.6 Å². The van der Waals surface area contributed by atoms with Gasteiger partial charge in [-0.05, 0) is 58.0 Å². The van der Waals surface area contributed by atoms with Crippen molar-refractivity contribution in [3.05, 3.63) is 67.4 Å². The molecule has 4 rings (SSSR count). The van der Waals surface area contributed by atoms with Crippen molar-refractivity contribution >= 4 is 51.2 Å². The molecule has 0 bridgehead atoms. The van der Waals surface area contributed by atoms with Gasteiger partial charge in [0.1, 0.15) is 22.6 Å². The molecular formula is C18H14BrN3O2S2. The quantitative estimate of drug-likeness (QED) is 0.560. The van der Waals surface area contributed by atoms with Crippen LogP contribution in [0.25, 0.3) is 5.69 Å². The molecule has 5 nitrogen and oxygen atoms in total. The molecule has 0 radical (unpaired) electrons. The number of carbonyl (C=O) groups excluding carboxylic acids is 1. The van der Waals surface area contributed by atoms with Gasteiger partial charge in [0, 0.05) is 5.69 Å². The van der Waals surface area contributed by atoms with Crippen LogP contribution < -0.4 is 15.4 Å². The number of amides is 1. The van der Waals surface area contributed by atoms with Gasteiger partial charge in [0.05, 0.1) is 11.6 Å². The smallest absolute Gasteiger partial charge is 0.267 e. The lowest BCUT2D eigenvalue weighted by atomic mass is 10.1. The summed E-state index contributed by atoms with van der Waals surface area (Å²) in [6, 6.07) is 15.5. The van der Waals surface area contributed by atoms with Crippen LogP contribution in [0.2, 0.25) is 0 Å². The van der Waals surface area contributed by atoms with Crippen LogP contribution in [0.15, 0.2) is 53.0 Å². The summed E-state index contributed by atoms with van der Waals surface area (Å²) in [5.41, 5.74) is 1.83. The topological polar surface area (TPSA) is 55.3 Å². The highest BCUT2D eigenvalue weighted by atomic mass is 79.9. The Hall–Kier alpha value is -2.16. The number of hydrogen-bond acceptors (Lipinski definition) is 5. The molecule has 1 aliphatic rings. The third-order valence-corrected chi connectivity index (χ3v) is 6.09. The van der Waals surface area contributed by atoms with Gasteiger partial charge in [0.15, 0.2) is 3.95 Å². The number of benzene rings is 2. The lowest BCUT2D eigenvalue weighted by Gasteiger charge is -2.27. The van der Waals surface area contributed by atoms with Crippen molar-refractivity contribution in [3.8, 4) is 11.4 Å².